The zero-order valence-electron chi connectivity index (χ0n) is 33.8. The molecular formula is C36H57N9O12. The highest BCUT2D eigenvalue weighted by molar-refractivity contribution is 5.99. The molecule has 0 aliphatic carbocycles. The van der Waals surface area contributed by atoms with Crippen molar-refractivity contribution in [1.82, 2.24) is 47.9 Å². The zero-order chi connectivity index (χ0) is 43.2. The minimum absolute atomic E-state index is 0.114. The summed E-state index contributed by atoms with van der Waals surface area (Å²) >= 11 is 0. The van der Waals surface area contributed by atoms with E-state index in [9.17, 15) is 43.2 Å². The lowest BCUT2D eigenvalue weighted by molar-refractivity contribution is -0.138. The summed E-state index contributed by atoms with van der Waals surface area (Å²) in [6.45, 7) is 9.33. The molecule has 0 spiro atoms. The SMILES string of the molecule is COC(=O)/C1=C/NCC(=O)N[C@@H](CC(C)C)C(=O)N/C(C(=O)OC)=C\NCC(=O)N[C@@H](CC(C)C)C(=O)N/C(C(=O)OC)=C\NCC(=O)N[C@@H](CC(C)C)C(=O)N1. The summed E-state index contributed by atoms with van der Waals surface area (Å²) in [5.74, 6) is -7.82. The van der Waals surface area contributed by atoms with Gasteiger partial charge in [-0.05, 0) is 37.0 Å². The first-order chi connectivity index (χ1) is 26.8. The molecule has 0 bridgehead atoms. The smallest absolute Gasteiger partial charge is 0.356 e. The number of nitrogens with one attached hydrogen (secondary N) is 9. The van der Waals surface area contributed by atoms with Gasteiger partial charge in [0.1, 0.15) is 35.2 Å². The molecule has 1 heterocycles. The van der Waals surface area contributed by atoms with Crippen LogP contribution in [0.1, 0.15) is 60.8 Å². The summed E-state index contributed by atoms with van der Waals surface area (Å²) in [5.41, 5.74) is -1.22. The van der Waals surface area contributed by atoms with Crippen LogP contribution in [0.2, 0.25) is 0 Å². The van der Waals surface area contributed by atoms with Crippen LogP contribution in [0, 0.1) is 17.8 Å². The minimum Gasteiger partial charge on any atom is -0.464 e. The second-order valence-electron chi connectivity index (χ2n) is 14.0. The topological polar surface area (TPSA) is 290 Å². The highest BCUT2D eigenvalue weighted by Gasteiger charge is 2.28. The molecule has 0 aromatic heterocycles. The molecule has 0 aromatic carbocycles. The van der Waals surface area contributed by atoms with Gasteiger partial charge in [-0.1, -0.05) is 41.5 Å². The Bertz CT molecular complexity index is 1390. The average Bonchev–Trinajstić information content (AvgIpc) is 3.13. The van der Waals surface area contributed by atoms with Crippen molar-refractivity contribution in [1.29, 1.82) is 0 Å². The van der Waals surface area contributed by atoms with Gasteiger partial charge in [0.15, 0.2) is 0 Å². The van der Waals surface area contributed by atoms with E-state index in [-0.39, 0.29) is 37.0 Å². The maximum absolute atomic E-state index is 13.4. The zero-order valence-corrected chi connectivity index (χ0v) is 33.8. The summed E-state index contributed by atoms with van der Waals surface area (Å²) in [5, 5.41) is 22.6. The standard InChI is InChI=1S/C36H57N9O12/c1-19(2)10-22-31(49)43-25(34(52)55-7)13-38-17-29(47)41-24(12-21(5)6)33(51)45-27(36(54)57-9)15-39-18-30(48)42-23(11-20(3)4)32(50)44-26(35(53)56-8)14-37-16-28(46)40-22/h13-15,19-24,37-39H,10-12,16-18H2,1-9H3,(H,40,46)(H,41,47)(H,42,48)(H,43,49)(H,44,50)(H,45,51)/b25-13-,26-14-,27-15-/t22-,23-,24-/m0/s1. The average molecular weight is 808 g/mol. The van der Waals surface area contributed by atoms with Crippen molar-refractivity contribution in [3.63, 3.8) is 0 Å². The Balaban J connectivity index is 3.66. The molecule has 21 heteroatoms. The van der Waals surface area contributed by atoms with Gasteiger partial charge < -0.3 is 62.1 Å². The van der Waals surface area contributed by atoms with E-state index in [1.807, 2.05) is 0 Å². The lowest BCUT2D eigenvalue weighted by atomic mass is 10.0. The Morgan fingerprint density at radius 3 is 0.912 bits per heavy atom. The number of amides is 6. The molecule has 1 aliphatic rings. The second kappa shape index (κ2) is 25.1. The van der Waals surface area contributed by atoms with Gasteiger partial charge in [-0.25, -0.2) is 14.4 Å². The summed E-state index contributed by atoms with van der Waals surface area (Å²) in [6, 6.07) is -3.51. The number of methoxy groups -OCH3 is 3. The lowest BCUT2D eigenvalue weighted by Crippen LogP contribution is -2.50. The highest BCUT2D eigenvalue weighted by atomic mass is 16.5. The van der Waals surface area contributed by atoms with Crippen molar-refractivity contribution >= 4 is 53.4 Å². The molecule has 3 atom stereocenters. The molecule has 318 valence electrons. The molecule has 1 rings (SSSR count). The van der Waals surface area contributed by atoms with Gasteiger partial charge in [-0.3, -0.25) is 28.8 Å². The van der Waals surface area contributed by atoms with Crippen molar-refractivity contribution in [3.8, 4) is 0 Å². The van der Waals surface area contributed by atoms with Crippen LogP contribution in [0.3, 0.4) is 0 Å². The van der Waals surface area contributed by atoms with Crippen LogP contribution in [0.4, 0.5) is 0 Å². The first-order valence-corrected chi connectivity index (χ1v) is 18.2. The van der Waals surface area contributed by atoms with Gasteiger partial charge in [0.2, 0.25) is 35.4 Å². The summed E-state index contributed by atoms with van der Waals surface area (Å²) in [6.07, 6.45) is 3.44. The fourth-order valence-corrected chi connectivity index (χ4v) is 5.01. The molecular weight excluding hydrogens is 750 g/mol. The Labute approximate surface area is 331 Å². The van der Waals surface area contributed by atoms with Crippen LogP contribution < -0.4 is 47.9 Å². The fraction of sp³-hybridized carbons (Fsp3) is 0.583. The van der Waals surface area contributed by atoms with Gasteiger partial charge >= 0.3 is 17.9 Å². The number of esters is 3. The molecule has 0 saturated heterocycles. The number of ether oxygens (including phenoxy) is 3. The number of carbonyl (C=O) groups excluding carboxylic acids is 9. The molecule has 0 aromatic rings. The van der Waals surface area contributed by atoms with E-state index >= 15 is 0 Å². The summed E-state index contributed by atoms with van der Waals surface area (Å²) < 4.78 is 14.3. The normalized spacial score (nSPS) is 22.9. The third-order valence-corrected chi connectivity index (χ3v) is 7.59. The van der Waals surface area contributed by atoms with E-state index in [2.05, 4.69) is 47.9 Å². The molecule has 6 amide bonds. The second-order valence-corrected chi connectivity index (χ2v) is 14.0. The third-order valence-electron chi connectivity index (χ3n) is 7.59. The number of rotatable bonds is 9. The van der Waals surface area contributed by atoms with E-state index in [4.69, 9.17) is 14.2 Å². The predicted octanol–water partition coefficient (Wildman–Crippen LogP) is -2.25. The van der Waals surface area contributed by atoms with Gasteiger partial charge in [0.25, 0.3) is 0 Å². The van der Waals surface area contributed by atoms with Crippen molar-refractivity contribution in [2.45, 2.75) is 78.9 Å². The van der Waals surface area contributed by atoms with Gasteiger partial charge in [-0.15, -0.1) is 0 Å². The van der Waals surface area contributed by atoms with E-state index in [0.29, 0.717) is 0 Å². The van der Waals surface area contributed by atoms with Crippen molar-refractivity contribution in [2.24, 2.45) is 17.8 Å². The number of hydrogen-bond acceptors (Lipinski definition) is 15. The van der Waals surface area contributed by atoms with Crippen LogP contribution in [-0.2, 0) is 57.4 Å². The summed E-state index contributed by atoms with van der Waals surface area (Å²) in [4.78, 5) is 117. The van der Waals surface area contributed by atoms with Gasteiger partial charge in [0.05, 0.1) is 41.0 Å². The number of carbonyl (C=O) groups is 9. The lowest BCUT2D eigenvalue weighted by Gasteiger charge is -2.21. The van der Waals surface area contributed by atoms with Crippen LogP contribution >= 0.6 is 0 Å². The van der Waals surface area contributed by atoms with E-state index < -0.39 is 108 Å². The van der Waals surface area contributed by atoms with Crippen LogP contribution in [0.15, 0.2) is 35.7 Å². The van der Waals surface area contributed by atoms with Gasteiger partial charge in [0, 0.05) is 18.6 Å². The van der Waals surface area contributed by atoms with Crippen molar-refractivity contribution in [2.75, 3.05) is 41.0 Å². The van der Waals surface area contributed by atoms with Crippen LogP contribution in [-0.4, -0.2) is 112 Å². The molecule has 21 nitrogen and oxygen atoms in total. The van der Waals surface area contributed by atoms with Gasteiger partial charge in [-0.2, -0.15) is 0 Å². The fourth-order valence-electron chi connectivity index (χ4n) is 5.01. The molecule has 1 aliphatic heterocycles. The Morgan fingerprint density at radius 2 is 0.719 bits per heavy atom. The Kier molecular flexibility index (Phi) is 21.5. The molecule has 0 radical (unpaired) electrons. The largest absolute Gasteiger partial charge is 0.464 e. The molecule has 9 N–H and O–H groups in total. The first-order valence-electron chi connectivity index (χ1n) is 18.2. The maximum Gasteiger partial charge on any atom is 0.356 e. The van der Waals surface area contributed by atoms with Crippen LogP contribution in [0.25, 0.3) is 0 Å². The van der Waals surface area contributed by atoms with Crippen molar-refractivity contribution < 1.29 is 57.4 Å². The quantitative estimate of drug-likeness (QED) is 0.0879. The number of hydrogen-bond donors (Lipinski definition) is 9. The molecule has 0 fully saturated rings. The Hall–Kier alpha value is -6.15. The molecule has 0 saturated carbocycles. The van der Waals surface area contributed by atoms with E-state index in [1.165, 1.54) is 0 Å². The minimum atomic E-state index is -1.17. The third kappa shape index (κ3) is 18.8. The monoisotopic (exact) mass is 807 g/mol. The van der Waals surface area contributed by atoms with Crippen molar-refractivity contribution in [3.05, 3.63) is 35.7 Å². The maximum atomic E-state index is 13.4. The van der Waals surface area contributed by atoms with E-state index in [1.54, 1.807) is 41.5 Å². The highest BCUT2D eigenvalue weighted by Crippen LogP contribution is 2.09. The summed E-state index contributed by atoms with van der Waals surface area (Å²) in [7, 11) is 3.20. The van der Waals surface area contributed by atoms with E-state index in [0.717, 1.165) is 39.9 Å². The van der Waals surface area contributed by atoms with Crippen LogP contribution in [0.5, 0.6) is 0 Å². The molecule has 57 heavy (non-hydrogen) atoms. The molecule has 0 unspecified atom stereocenters. The first kappa shape index (κ1) is 48.9. The Morgan fingerprint density at radius 1 is 0.491 bits per heavy atom. The predicted molar refractivity (Wildman–Crippen MR) is 203 cm³/mol.